The summed E-state index contributed by atoms with van der Waals surface area (Å²) in [6.07, 6.45) is 4.02. The fourth-order valence-electron chi connectivity index (χ4n) is 3.72. The summed E-state index contributed by atoms with van der Waals surface area (Å²) < 4.78 is 0. The maximum absolute atomic E-state index is 12.6. The molecule has 122 valence electrons. The zero-order valence-electron chi connectivity index (χ0n) is 13.7. The number of thiophene rings is 1. The Balaban J connectivity index is 1.50. The number of anilines is 1. The molecule has 4 heteroatoms. The summed E-state index contributed by atoms with van der Waals surface area (Å²) in [6.45, 7) is 2.25. The van der Waals surface area contributed by atoms with Crippen molar-refractivity contribution < 1.29 is 4.79 Å². The minimum atomic E-state index is 0.0389. The van der Waals surface area contributed by atoms with E-state index >= 15 is 0 Å². The van der Waals surface area contributed by atoms with Gasteiger partial charge in [-0.3, -0.25) is 4.79 Å². The van der Waals surface area contributed by atoms with Crippen LogP contribution >= 0.6 is 11.3 Å². The molecule has 1 saturated carbocycles. The van der Waals surface area contributed by atoms with Crippen molar-refractivity contribution in [2.24, 2.45) is 11.8 Å². The smallest absolute Gasteiger partial charge is 0.228 e. The number of nitriles is 1. The second kappa shape index (κ2) is 6.07. The van der Waals surface area contributed by atoms with Crippen molar-refractivity contribution >= 4 is 22.2 Å². The number of nitrogens with one attached hydrogen (secondary N) is 1. The van der Waals surface area contributed by atoms with Gasteiger partial charge >= 0.3 is 0 Å². The standard InChI is InChI=1S/C20H20N2OS/c1-12-7-8-14-17(11-21)20(24-18(14)9-12)22-19(23)16-10-15(16)13-5-3-2-4-6-13/h2-6,12,15-16H,7-10H2,1H3,(H,22,23)/t12-,15-,16-/m1/s1. The molecule has 0 saturated heterocycles. The van der Waals surface area contributed by atoms with Gasteiger partial charge < -0.3 is 5.32 Å². The summed E-state index contributed by atoms with van der Waals surface area (Å²) in [6, 6.07) is 12.5. The molecular weight excluding hydrogens is 316 g/mol. The van der Waals surface area contributed by atoms with Crippen LogP contribution in [0.3, 0.4) is 0 Å². The van der Waals surface area contributed by atoms with Gasteiger partial charge in [-0.2, -0.15) is 5.26 Å². The van der Waals surface area contributed by atoms with E-state index in [1.807, 2.05) is 18.2 Å². The maximum atomic E-state index is 12.6. The molecule has 3 atom stereocenters. The molecule has 24 heavy (non-hydrogen) atoms. The van der Waals surface area contributed by atoms with E-state index in [0.717, 1.165) is 30.7 Å². The van der Waals surface area contributed by atoms with Crippen LogP contribution in [0.4, 0.5) is 5.00 Å². The predicted octanol–water partition coefficient (Wildman–Crippen LogP) is 4.49. The first-order chi connectivity index (χ1) is 11.7. The Morgan fingerprint density at radius 3 is 2.88 bits per heavy atom. The second-order valence-electron chi connectivity index (χ2n) is 7.02. The van der Waals surface area contributed by atoms with Crippen LogP contribution in [0.15, 0.2) is 30.3 Å². The molecule has 2 aliphatic rings. The molecule has 2 aliphatic carbocycles. The summed E-state index contributed by atoms with van der Waals surface area (Å²) in [4.78, 5) is 13.9. The molecule has 1 aromatic heterocycles. The van der Waals surface area contributed by atoms with E-state index in [2.05, 4.69) is 30.4 Å². The van der Waals surface area contributed by atoms with E-state index in [1.54, 1.807) is 11.3 Å². The summed E-state index contributed by atoms with van der Waals surface area (Å²) in [7, 11) is 0. The Labute approximate surface area is 146 Å². The maximum Gasteiger partial charge on any atom is 0.228 e. The Kier molecular flexibility index (Phi) is 3.90. The number of benzene rings is 1. The number of carbonyl (C=O) groups is 1. The van der Waals surface area contributed by atoms with Gasteiger partial charge in [-0.05, 0) is 48.6 Å². The van der Waals surface area contributed by atoms with E-state index in [0.29, 0.717) is 17.4 Å². The molecule has 0 spiro atoms. The summed E-state index contributed by atoms with van der Waals surface area (Å²) in [5.41, 5.74) is 3.11. The third-order valence-electron chi connectivity index (χ3n) is 5.22. The number of fused-ring (bicyclic) bond motifs is 1. The lowest BCUT2D eigenvalue weighted by atomic mass is 9.88. The van der Waals surface area contributed by atoms with Crippen molar-refractivity contribution in [3.63, 3.8) is 0 Å². The molecule has 3 nitrogen and oxygen atoms in total. The van der Waals surface area contributed by atoms with E-state index in [1.165, 1.54) is 16.0 Å². The molecule has 1 aromatic carbocycles. The fourth-order valence-corrected chi connectivity index (χ4v) is 5.08. The Morgan fingerprint density at radius 2 is 2.12 bits per heavy atom. The number of rotatable bonds is 3. The average molecular weight is 336 g/mol. The van der Waals surface area contributed by atoms with Gasteiger partial charge in [0.1, 0.15) is 11.1 Å². The zero-order valence-corrected chi connectivity index (χ0v) is 14.5. The van der Waals surface area contributed by atoms with Crippen LogP contribution in [-0.2, 0) is 17.6 Å². The highest BCUT2D eigenvalue weighted by atomic mass is 32.1. The van der Waals surface area contributed by atoms with Crippen LogP contribution in [-0.4, -0.2) is 5.91 Å². The van der Waals surface area contributed by atoms with Crippen LogP contribution in [0, 0.1) is 23.2 Å². The monoisotopic (exact) mass is 336 g/mol. The highest BCUT2D eigenvalue weighted by molar-refractivity contribution is 7.16. The van der Waals surface area contributed by atoms with Gasteiger partial charge in [0.05, 0.1) is 5.56 Å². The van der Waals surface area contributed by atoms with E-state index in [4.69, 9.17) is 0 Å². The average Bonchev–Trinajstić information content (AvgIpc) is 3.32. The van der Waals surface area contributed by atoms with Crippen LogP contribution in [0.1, 0.15) is 47.3 Å². The van der Waals surface area contributed by atoms with Gasteiger partial charge in [-0.15, -0.1) is 11.3 Å². The molecule has 0 bridgehead atoms. The second-order valence-corrected chi connectivity index (χ2v) is 8.12. The van der Waals surface area contributed by atoms with Crippen molar-refractivity contribution in [2.45, 2.75) is 38.5 Å². The number of nitrogens with zero attached hydrogens (tertiary/aromatic N) is 1. The Bertz CT molecular complexity index is 818. The summed E-state index contributed by atoms with van der Waals surface area (Å²) in [5.74, 6) is 1.09. The number of carbonyl (C=O) groups excluding carboxylic acids is 1. The topological polar surface area (TPSA) is 52.9 Å². The minimum absolute atomic E-state index is 0.0389. The van der Waals surface area contributed by atoms with Gasteiger partial charge in [0.15, 0.2) is 0 Å². The highest BCUT2D eigenvalue weighted by Gasteiger charge is 2.44. The zero-order chi connectivity index (χ0) is 16.7. The van der Waals surface area contributed by atoms with Crippen molar-refractivity contribution in [2.75, 3.05) is 5.32 Å². The molecule has 0 aliphatic heterocycles. The number of hydrogen-bond donors (Lipinski definition) is 1. The first-order valence-electron chi connectivity index (χ1n) is 8.57. The Morgan fingerprint density at radius 1 is 1.33 bits per heavy atom. The third kappa shape index (κ3) is 2.74. The molecule has 4 rings (SSSR count). The molecule has 1 fully saturated rings. The van der Waals surface area contributed by atoms with Gasteiger partial charge in [0.25, 0.3) is 0 Å². The van der Waals surface area contributed by atoms with Gasteiger partial charge in [0, 0.05) is 10.8 Å². The van der Waals surface area contributed by atoms with E-state index in [9.17, 15) is 10.1 Å². The van der Waals surface area contributed by atoms with Gasteiger partial charge in [0.2, 0.25) is 5.91 Å². The van der Waals surface area contributed by atoms with Crippen LogP contribution in [0.2, 0.25) is 0 Å². The molecule has 0 radical (unpaired) electrons. The quantitative estimate of drug-likeness (QED) is 0.898. The molecule has 2 aromatic rings. The third-order valence-corrected chi connectivity index (χ3v) is 6.38. The SMILES string of the molecule is C[C@@H]1CCc2c(sc(NC(=O)[C@@H]3C[C@@H]3c3ccccc3)c2C#N)C1. The predicted molar refractivity (Wildman–Crippen MR) is 96.1 cm³/mol. The van der Waals surface area contributed by atoms with Gasteiger partial charge in [-0.25, -0.2) is 0 Å². The lowest BCUT2D eigenvalue weighted by molar-refractivity contribution is -0.117. The van der Waals surface area contributed by atoms with Crippen molar-refractivity contribution in [1.29, 1.82) is 5.26 Å². The molecule has 0 unspecified atom stereocenters. The molecule has 1 N–H and O–H groups in total. The normalized spacial score (nSPS) is 24.8. The van der Waals surface area contributed by atoms with Crippen molar-refractivity contribution in [1.82, 2.24) is 0 Å². The first kappa shape index (κ1) is 15.4. The van der Waals surface area contributed by atoms with Crippen molar-refractivity contribution in [3.8, 4) is 6.07 Å². The summed E-state index contributed by atoms with van der Waals surface area (Å²) in [5, 5.41) is 13.3. The first-order valence-corrected chi connectivity index (χ1v) is 9.39. The Hall–Kier alpha value is -2.12. The molecular formula is C20H20N2OS. The molecule has 1 heterocycles. The largest absolute Gasteiger partial charge is 0.316 e. The fraction of sp³-hybridized carbons (Fsp3) is 0.400. The number of amides is 1. The van der Waals surface area contributed by atoms with Crippen LogP contribution in [0.25, 0.3) is 0 Å². The van der Waals surface area contributed by atoms with E-state index < -0.39 is 0 Å². The van der Waals surface area contributed by atoms with Crippen LogP contribution in [0.5, 0.6) is 0 Å². The highest BCUT2D eigenvalue weighted by Crippen LogP contribution is 2.48. The lowest BCUT2D eigenvalue weighted by Crippen LogP contribution is -2.14. The number of hydrogen-bond acceptors (Lipinski definition) is 3. The minimum Gasteiger partial charge on any atom is -0.316 e. The lowest BCUT2D eigenvalue weighted by Gasteiger charge is -2.17. The van der Waals surface area contributed by atoms with Crippen molar-refractivity contribution in [3.05, 3.63) is 51.9 Å². The van der Waals surface area contributed by atoms with E-state index in [-0.39, 0.29) is 11.8 Å². The summed E-state index contributed by atoms with van der Waals surface area (Å²) >= 11 is 1.61. The van der Waals surface area contributed by atoms with Crippen LogP contribution < -0.4 is 5.32 Å². The van der Waals surface area contributed by atoms with Gasteiger partial charge in [-0.1, -0.05) is 37.3 Å². The molecule has 1 amide bonds.